The third-order valence-electron chi connectivity index (χ3n) is 2.74. The summed E-state index contributed by atoms with van der Waals surface area (Å²) in [6.07, 6.45) is 4.21. The van der Waals surface area contributed by atoms with Gasteiger partial charge in [-0.1, -0.05) is 15.9 Å². The predicted octanol–water partition coefficient (Wildman–Crippen LogP) is 2.30. The van der Waals surface area contributed by atoms with Gasteiger partial charge < -0.3 is 10.6 Å². The van der Waals surface area contributed by atoms with E-state index in [0.29, 0.717) is 13.0 Å². The summed E-state index contributed by atoms with van der Waals surface area (Å²) in [5.74, 6) is 0.00556. The number of nitrogens with one attached hydrogen (secondary N) is 2. The zero-order chi connectivity index (χ0) is 14.4. The molecule has 2 aromatic rings. The Bertz CT molecular complexity index is 565. The molecule has 106 valence electrons. The summed E-state index contributed by atoms with van der Waals surface area (Å²) in [4.78, 5) is 11.7. The highest BCUT2D eigenvalue weighted by molar-refractivity contribution is 9.10. The summed E-state index contributed by atoms with van der Waals surface area (Å²) < 4.78 is 2.76. The first-order valence-corrected chi connectivity index (χ1v) is 7.16. The Labute approximate surface area is 126 Å². The number of anilines is 1. The van der Waals surface area contributed by atoms with Gasteiger partial charge in [0.15, 0.2) is 0 Å². The highest BCUT2D eigenvalue weighted by atomic mass is 79.9. The van der Waals surface area contributed by atoms with E-state index in [1.165, 1.54) is 0 Å². The van der Waals surface area contributed by atoms with Crippen molar-refractivity contribution in [3.63, 3.8) is 0 Å². The number of carbonyl (C=O) groups is 1. The van der Waals surface area contributed by atoms with Crippen LogP contribution in [0.4, 0.5) is 5.69 Å². The second-order valence-corrected chi connectivity index (χ2v) is 5.42. The van der Waals surface area contributed by atoms with Gasteiger partial charge in [0.05, 0.1) is 6.20 Å². The van der Waals surface area contributed by atoms with Crippen LogP contribution < -0.4 is 10.6 Å². The van der Waals surface area contributed by atoms with E-state index in [9.17, 15) is 4.79 Å². The maximum absolute atomic E-state index is 11.7. The van der Waals surface area contributed by atoms with Crippen LogP contribution in [-0.2, 0) is 18.4 Å². The van der Waals surface area contributed by atoms with E-state index in [1.807, 2.05) is 43.7 Å². The number of rotatable bonds is 6. The number of hydrogen-bond acceptors (Lipinski definition) is 3. The number of carbonyl (C=O) groups excluding carboxylic acids is 1. The van der Waals surface area contributed by atoms with Crippen LogP contribution in [-0.4, -0.2) is 22.2 Å². The van der Waals surface area contributed by atoms with Gasteiger partial charge in [0.2, 0.25) is 5.91 Å². The van der Waals surface area contributed by atoms with Gasteiger partial charge in [-0.3, -0.25) is 9.48 Å². The van der Waals surface area contributed by atoms with Crippen LogP contribution in [0.5, 0.6) is 0 Å². The number of aromatic nitrogens is 2. The fourth-order valence-electron chi connectivity index (χ4n) is 1.75. The Hall–Kier alpha value is -1.66. The quantitative estimate of drug-likeness (QED) is 0.796. The number of hydrogen-bond donors (Lipinski definition) is 2. The monoisotopic (exact) mass is 336 g/mol. The highest BCUT2D eigenvalue weighted by Gasteiger charge is 2.02. The number of amides is 1. The van der Waals surface area contributed by atoms with Gasteiger partial charge in [-0.2, -0.15) is 5.10 Å². The fraction of sp³-hybridized carbons (Fsp3) is 0.286. The molecular formula is C14H17BrN4O. The molecule has 6 heteroatoms. The van der Waals surface area contributed by atoms with Crippen LogP contribution in [0.2, 0.25) is 0 Å². The molecule has 0 fully saturated rings. The Kier molecular flexibility index (Phi) is 5.31. The molecule has 1 heterocycles. The molecule has 1 aromatic carbocycles. The molecule has 0 aliphatic carbocycles. The van der Waals surface area contributed by atoms with Crippen molar-refractivity contribution in [3.05, 3.63) is 46.7 Å². The largest absolute Gasteiger partial charge is 0.326 e. The smallest absolute Gasteiger partial charge is 0.225 e. The standard InChI is InChI=1S/C14H17BrN4O/c1-19-10-11(9-17-19)8-16-7-6-14(20)18-13-4-2-12(15)3-5-13/h2-5,9-10,16H,6-8H2,1H3,(H,18,20). The normalized spacial score (nSPS) is 10.5. The SMILES string of the molecule is Cn1cc(CNCCC(=O)Nc2ccc(Br)cc2)cn1. The van der Waals surface area contributed by atoms with Crippen molar-refractivity contribution < 1.29 is 4.79 Å². The highest BCUT2D eigenvalue weighted by Crippen LogP contribution is 2.14. The third kappa shape index (κ3) is 4.79. The molecule has 0 atom stereocenters. The Morgan fingerprint density at radius 3 is 2.75 bits per heavy atom. The Morgan fingerprint density at radius 2 is 2.10 bits per heavy atom. The zero-order valence-electron chi connectivity index (χ0n) is 11.3. The van der Waals surface area contributed by atoms with Crippen LogP contribution in [0.25, 0.3) is 0 Å². The van der Waals surface area contributed by atoms with E-state index >= 15 is 0 Å². The van der Waals surface area contributed by atoms with Gasteiger partial charge in [-0.15, -0.1) is 0 Å². The van der Waals surface area contributed by atoms with Gasteiger partial charge >= 0.3 is 0 Å². The minimum absolute atomic E-state index is 0.00556. The first-order valence-electron chi connectivity index (χ1n) is 6.37. The molecular weight excluding hydrogens is 320 g/mol. The molecule has 5 nitrogen and oxygen atoms in total. The summed E-state index contributed by atoms with van der Waals surface area (Å²) in [5.41, 5.74) is 1.92. The Morgan fingerprint density at radius 1 is 1.35 bits per heavy atom. The van der Waals surface area contributed by atoms with Gasteiger partial charge in [-0.25, -0.2) is 0 Å². The molecule has 0 spiro atoms. The second-order valence-electron chi connectivity index (χ2n) is 4.50. The lowest BCUT2D eigenvalue weighted by molar-refractivity contribution is -0.116. The lowest BCUT2D eigenvalue weighted by Gasteiger charge is -2.06. The first-order chi connectivity index (χ1) is 9.63. The lowest BCUT2D eigenvalue weighted by Crippen LogP contribution is -2.21. The van der Waals surface area contributed by atoms with E-state index in [0.717, 1.165) is 22.3 Å². The molecule has 0 bridgehead atoms. The number of benzene rings is 1. The van der Waals surface area contributed by atoms with Gasteiger partial charge in [0, 0.05) is 48.5 Å². The van der Waals surface area contributed by atoms with E-state index in [2.05, 4.69) is 31.7 Å². The van der Waals surface area contributed by atoms with E-state index < -0.39 is 0 Å². The van der Waals surface area contributed by atoms with Crippen LogP contribution >= 0.6 is 15.9 Å². The van der Waals surface area contributed by atoms with Crippen LogP contribution in [0.15, 0.2) is 41.1 Å². The van der Waals surface area contributed by atoms with E-state index in [-0.39, 0.29) is 5.91 Å². The van der Waals surface area contributed by atoms with Crippen LogP contribution in [0, 0.1) is 0 Å². The minimum atomic E-state index is 0.00556. The summed E-state index contributed by atoms with van der Waals surface area (Å²) in [5, 5.41) is 10.2. The summed E-state index contributed by atoms with van der Waals surface area (Å²) in [7, 11) is 1.88. The predicted molar refractivity (Wildman–Crippen MR) is 82.3 cm³/mol. The lowest BCUT2D eigenvalue weighted by atomic mass is 10.3. The van der Waals surface area contributed by atoms with Crippen molar-refractivity contribution in [2.45, 2.75) is 13.0 Å². The molecule has 20 heavy (non-hydrogen) atoms. The maximum atomic E-state index is 11.7. The molecule has 0 aliphatic heterocycles. The fourth-order valence-corrected chi connectivity index (χ4v) is 2.02. The number of halogens is 1. The van der Waals surface area contributed by atoms with Crippen molar-refractivity contribution in [3.8, 4) is 0 Å². The van der Waals surface area contributed by atoms with Crippen molar-refractivity contribution in [2.75, 3.05) is 11.9 Å². The van der Waals surface area contributed by atoms with Crippen molar-refractivity contribution in [1.82, 2.24) is 15.1 Å². The molecule has 2 rings (SSSR count). The summed E-state index contributed by atoms with van der Waals surface area (Å²) in [6, 6.07) is 7.53. The average molecular weight is 337 g/mol. The summed E-state index contributed by atoms with van der Waals surface area (Å²) in [6.45, 7) is 1.36. The van der Waals surface area contributed by atoms with E-state index in [4.69, 9.17) is 0 Å². The number of nitrogens with zero attached hydrogens (tertiary/aromatic N) is 2. The first kappa shape index (κ1) is 14.7. The molecule has 0 unspecified atom stereocenters. The second kappa shape index (κ2) is 7.21. The molecule has 1 aromatic heterocycles. The van der Waals surface area contributed by atoms with E-state index in [1.54, 1.807) is 4.68 Å². The molecule has 0 aliphatic rings. The van der Waals surface area contributed by atoms with Crippen LogP contribution in [0.3, 0.4) is 0 Å². The third-order valence-corrected chi connectivity index (χ3v) is 3.27. The van der Waals surface area contributed by atoms with Crippen molar-refractivity contribution >= 4 is 27.5 Å². The minimum Gasteiger partial charge on any atom is -0.326 e. The molecule has 0 saturated heterocycles. The molecule has 1 amide bonds. The zero-order valence-corrected chi connectivity index (χ0v) is 12.9. The van der Waals surface area contributed by atoms with Crippen LogP contribution in [0.1, 0.15) is 12.0 Å². The molecule has 2 N–H and O–H groups in total. The Balaban J connectivity index is 1.66. The number of aryl methyl sites for hydroxylation is 1. The van der Waals surface area contributed by atoms with Crippen molar-refractivity contribution in [2.24, 2.45) is 7.05 Å². The van der Waals surface area contributed by atoms with Gasteiger partial charge in [0.1, 0.15) is 0 Å². The molecule has 0 radical (unpaired) electrons. The topological polar surface area (TPSA) is 59.0 Å². The average Bonchev–Trinajstić information content (AvgIpc) is 2.83. The molecule has 0 saturated carbocycles. The van der Waals surface area contributed by atoms with Gasteiger partial charge in [-0.05, 0) is 24.3 Å². The summed E-state index contributed by atoms with van der Waals surface area (Å²) >= 11 is 3.36. The maximum Gasteiger partial charge on any atom is 0.225 e. The van der Waals surface area contributed by atoms with Gasteiger partial charge in [0.25, 0.3) is 0 Å². The van der Waals surface area contributed by atoms with Crippen molar-refractivity contribution in [1.29, 1.82) is 0 Å².